The highest BCUT2D eigenvalue weighted by atomic mass is 31.2. The summed E-state index contributed by atoms with van der Waals surface area (Å²) in [6, 6.07) is 12.9. The molecule has 0 N–H and O–H groups in total. The number of nitrogens with zero attached hydrogens (tertiary/aromatic N) is 3. The van der Waals surface area contributed by atoms with E-state index in [2.05, 4.69) is 10.1 Å². The van der Waals surface area contributed by atoms with Crippen LogP contribution in [0.2, 0.25) is 0 Å². The molecule has 0 amide bonds. The van der Waals surface area contributed by atoms with Gasteiger partial charge in [0.05, 0.1) is 37.4 Å². The van der Waals surface area contributed by atoms with Crippen LogP contribution in [0.1, 0.15) is 32.1 Å². The SMILES string of the molecule is CCOC(=O)C(c1cc(-c2ccccc2)nc2ccnn12)P(=O)(OCC)OCC. The molecule has 0 saturated heterocycles. The van der Waals surface area contributed by atoms with E-state index in [1.165, 1.54) is 4.52 Å². The summed E-state index contributed by atoms with van der Waals surface area (Å²) >= 11 is 0. The van der Waals surface area contributed by atoms with E-state index in [4.69, 9.17) is 13.8 Å². The largest absolute Gasteiger partial charge is 0.465 e. The van der Waals surface area contributed by atoms with Gasteiger partial charge < -0.3 is 13.8 Å². The average molecular weight is 417 g/mol. The van der Waals surface area contributed by atoms with Crippen LogP contribution in [0.3, 0.4) is 0 Å². The Kier molecular flexibility index (Phi) is 6.79. The molecule has 8 nitrogen and oxygen atoms in total. The van der Waals surface area contributed by atoms with Gasteiger partial charge in [-0.1, -0.05) is 30.3 Å². The van der Waals surface area contributed by atoms with Crippen LogP contribution in [0.4, 0.5) is 0 Å². The van der Waals surface area contributed by atoms with E-state index in [9.17, 15) is 9.36 Å². The summed E-state index contributed by atoms with van der Waals surface area (Å²) in [5.41, 5.74) is 1.01. The van der Waals surface area contributed by atoms with Crippen molar-refractivity contribution in [1.82, 2.24) is 14.6 Å². The lowest BCUT2D eigenvalue weighted by Gasteiger charge is -2.25. The van der Waals surface area contributed by atoms with Crippen molar-refractivity contribution in [3.8, 4) is 11.3 Å². The Hall–Kier alpha value is -2.54. The molecule has 0 bridgehead atoms. The Bertz CT molecular complexity index is 1010. The Morgan fingerprint density at radius 1 is 1.07 bits per heavy atom. The average Bonchev–Trinajstić information content (AvgIpc) is 3.18. The van der Waals surface area contributed by atoms with Gasteiger partial charge in [0.2, 0.25) is 5.66 Å². The highest BCUT2D eigenvalue weighted by molar-refractivity contribution is 7.55. The minimum atomic E-state index is -3.89. The molecule has 0 radical (unpaired) electrons. The van der Waals surface area contributed by atoms with Gasteiger partial charge >= 0.3 is 13.6 Å². The second-order valence-electron chi connectivity index (χ2n) is 6.06. The molecule has 29 heavy (non-hydrogen) atoms. The standard InChI is InChI=1S/C20H24N3O5P/c1-4-26-20(24)19(29(25,27-5-2)28-6-3)17-14-16(15-10-8-7-9-11-15)22-18-12-13-21-23(17)18/h7-14,19H,4-6H2,1-3H3. The number of rotatable bonds is 9. The van der Waals surface area contributed by atoms with Crippen molar-refractivity contribution in [3.63, 3.8) is 0 Å². The molecule has 0 spiro atoms. The van der Waals surface area contributed by atoms with E-state index >= 15 is 0 Å². The Balaban J connectivity index is 2.25. The van der Waals surface area contributed by atoms with Crippen molar-refractivity contribution >= 4 is 19.2 Å². The van der Waals surface area contributed by atoms with Crippen molar-refractivity contribution in [2.75, 3.05) is 19.8 Å². The number of carbonyl (C=O) groups excluding carboxylic acids is 1. The molecule has 2 heterocycles. The monoisotopic (exact) mass is 417 g/mol. The van der Waals surface area contributed by atoms with Gasteiger partial charge in [-0.2, -0.15) is 5.10 Å². The minimum absolute atomic E-state index is 0.117. The number of esters is 1. The van der Waals surface area contributed by atoms with E-state index < -0.39 is 19.2 Å². The molecule has 154 valence electrons. The molecule has 3 rings (SSSR count). The lowest BCUT2D eigenvalue weighted by Crippen LogP contribution is -2.22. The summed E-state index contributed by atoms with van der Waals surface area (Å²) < 4.78 is 31.3. The Labute approximate surface area is 169 Å². The maximum Gasteiger partial charge on any atom is 0.350 e. The number of benzene rings is 1. The lowest BCUT2D eigenvalue weighted by molar-refractivity contribution is -0.143. The van der Waals surface area contributed by atoms with Gasteiger partial charge in [0, 0.05) is 11.6 Å². The Morgan fingerprint density at radius 3 is 2.38 bits per heavy atom. The first-order valence-electron chi connectivity index (χ1n) is 9.49. The normalized spacial score (nSPS) is 12.8. The second-order valence-corrected chi connectivity index (χ2v) is 8.18. The molecule has 0 aliphatic heterocycles. The highest BCUT2D eigenvalue weighted by Gasteiger charge is 2.45. The van der Waals surface area contributed by atoms with Crippen molar-refractivity contribution < 1.29 is 23.1 Å². The zero-order valence-electron chi connectivity index (χ0n) is 16.6. The molecular formula is C20H24N3O5P. The predicted octanol–water partition coefficient (Wildman–Crippen LogP) is 4.27. The third-order valence-corrected chi connectivity index (χ3v) is 6.52. The summed E-state index contributed by atoms with van der Waals surface area (Å²) in [6.07, 6.45) is 1.56. The van der Waals surface area contributed by atoms with Crippen LogP contribution < -0.4 is 0 Å². The lowest BCUT2D eigenvalue weighted by atomic mass is 10.1. The number of hydrogen-bond donors (Lipinski definition) is 0. The summed E-state index contributed by atoms with van der Waals surface area (Å²) in [5, 5.41) is 4.26. The fraction of sp³-hybridized carbons (Fsp3) is 0.350. The van der Waals surface area contributed by atoms with Gasteiger partial charge in [-0.25, -0.2) is 9.50 Å². The molecule has 0 fully saturated rings. The Morgan fingerprint density at radius 2 is 1.76 bits per heavy atom. The van der Waals surface area contributed by atoms with Crippen molar-refractivity contribution in [1.29, 1.82) is 0 Å². The molecule has 1 unspecified atom stereocenters. The fourth-order valence-electron chi connectivity index (χ4n) is 3.07. The maximum absolute atomic E-state index is 13.6. The first kappa shape index (κ1) is 21.2. The second kappa shape index (κ2) is 9.31. The molecule has 2 aromatic heterocycles. The first-order valence-corrected chi connectivity index (χ1v) is 11.1. The molecule has 0 aliphatic rings. The van der Waals surface area contributed by atoms with Crippen molar-refractivity contribution in [3.05, 3.63) is 54.4 Å². The molecule has 0 saturated carbocycles. The van der Waals surface area contributed by atoms with E-state index in [1.807, 2.05) is 30.3 Å². The molecule has 3 aromatic rings. The summed E-state index contributed by atoms with van der Waals surface area (Å²) in [7, 11) is -3.89. The van der Waals surface area contributed by atoms with Crippen LogP contribution in [0.5, 0.6) is 0 Å². The topological polar surface area (TPSA) is 92.0 Å². The smallest absolute Gasteiger partial charge is 0.350 e. The number of aromatic nitrogens is 3. The van der Waals surface area contributed by atoms with E-state index in [-0.39, 0.29) is 19.8 Å². The number of ether oxygens (including phenoxy) is 1. The maximum atomic E-state index is 13.6. The van der Waals surface area contributed by atoms with Crippen LogP contribution in [-0.4, -0.2) is 40.4 Å². The van der Waals surface area contributed by atoms with Crippen molar-refractivity contribution in [2.24, 2.45) is 0 Å². The molecule has 1 atom stereocenters. The molecule has 9 heteroatoms. The first-order chi connectivity index (χ1) is 14.0. The summed E-state index contributed by atoms with van der Waals surface area (Å²) in [5.74, 6) is -0.695. The zero-order chi connectivity index (χ0) is 20.9. The van der Waals surface area contributed by atoms with Gasteiger partial charge in [-0.3, -0.25) is 9.36 Å². The van der Waals surface area contributed by atoms with Crippen LogP contribution in [0, 0.1) is 0 Å². The summed E-state index contributed by atoms with van der Waals surface area (Å²) in [4.78, 5) is 17.5. The van der Waals surface area contributed by atoms with Gasteiger partial charge in [-0.05, 0) is 26.8 Å². The highest BCUT2D eigenvalue weighted by Crippen LogP contribution is 2.61. The van der Waals surface area contributed by atoms with Gasteiger partial charge in [0.15, 0.2) is 5.65 Å². The minimum Gasteiger partial charge on any atom is -0.465 e. The molecule has 0 aliphatic carbocycles. The zero-order valence-corrected chi connectivity index (χ0v) is 17.5. The van der Waals surface area contributed by atoms with E-state index in [0.717, 1.165) is 5.56 Å². The quantitative estimate of drug-likeness (QED) is 0.379. The third kappa shape index (κ3) is 4.40. The van der Waals surface area contributed by atoms with E-state index in [1.54, 1.807) is 39.1 Å². The van der Waals surface area contributed by atoms with Gasteiger partial charge in [-0.15, -0.1) is 0 Å². The third-order valence-electron chi connectivity index (χ3n) is 4.18. The number of hydrogen-bond acceptors (Lipinski definition) is 7. The number of carbonyl (C=O) groups is 1. The van der Waals surface area contributed by atoms with Crippen molar-refractivity contribution in [2.45, 2.75) is 26.4 Å². The summed E-state index contributed by atoms with van der Waals surface area (Å²) in [6.45, 7) is 5.44. The van der Waals surface area contributed by atoms with Gasteiger partial charge in [0.1, 0.15) is 0 Å². The van der Waals surface area contributed by atoms with Gasteiger partial charge in [0.25, 0.3) is 0 Å². The predicted molar refractivity (Wildman–Crippen MR) is 109 cm³/mol. The fourth-order valence-corrected chi connectivity index (χ4v) is 5.00. The number of fused-ring (bicyclic) bond motifs is 1. The van der Waals surface area contributed by atoms with E-state index in [0.29, 0.717) is 17.0 Å². The molecule has 1 aromatic carbocycles. The van der Waals surface area contributed by atoms with Crippen LogP contribution >= 0.6 is 7.60 Å². The molecular weight excluding hydrogens is 393 g/mol. The van der Waals surface area contributed by atoms with Crippen LogP contribution in [-0.2, 0) is 23.1 Å². The van der Waals surface area contributed by atoms with Crippen LogP contribution in [0.15, 0.2) is 48.7 Å². The van der Waals surface area contributed by atoms with Crippen LogP contribution in [0.25, 0.3) is 16.9 Å².